The van der Waals surface area contributed by atoms with Crippen molar-refractivity contribution in [3.8, 4) is 0 Å². The third-order valence-corrected chi connectivity index (χ3v) is 3.02. The van der Waals surface area contributed by atoms with Crippen molar-refractivity contribution < 1.29 is 0 Å². The lowest BCUT2D eigenvalue weighted by Gasteiger charge is -2.46. The molecule has 0 aromatic carbocycles. The van der Waals surface area contributed by atoms with Crippen LogP contribution in [0.3, 0.4) is 0 Å². The minimum Gasteiger partial charge on any atom is -0.301 e. The number of piperazine rings is 1. The zero-order valence-electron chi connectivity index (χ0n) is 9.80. The molecular formula is C11H24N2. The van der Waals surface area contributed by atoms with Crippen molar-refractivity contribution >= 4 is 0 Å². The van der Waals surface area contributed by atoms with Crippen LogP contribution in [0.25, 0.3) is 0 Å². The maximum atomic E-state index is 2.61. The molecule has 0 aliphatic carbocycles. The Morgan fingerprint density at radius 3 is 2.23 bits per heavy atom. The predicted molar refractivity (Wildman–Crippen MR) is 58.0 cm³/mol. The fourth-order valence-electron chi connectivity index (χ4n) is 2.32. The first-order valence-corrected chi connectivity index (χ1v) is 5.44. The van der Waals surface area contributed by atoms with Crippen molar-refractivity contribution in [3.63, 3.8) is 0 Å². The average molecular weight is 184 g/mol. The van der Waals surface area contributed by atoms with Crippen LogP contribution in [0.15, 0.2) is 0 Å². The van der Waals surface area contributed by atoms with Crippen molar-refractivity contribution in [3.05, 3.63) is 0 Å². The largest absolute Gasteiger partial charge is 0.301 e. The van der Waals surface area contributed by atoms with Gasteiger partial charge >= 0.3 is 0 Å². The summed E-state index contributed by atoms with van der Waals surface area (Å²) in [7, 11) is 0. The van der Waals surface area contributed by atoms with Gasteiger partial charge in [-0.05, 0) is 34.2 Å². The Bertz CT molecular complexity index is 160. The number of likely N-dealkylation sites (N-methyl/N-ethyl adjacent to an activating group) is 1. The van der Waals surface area contributed by atoms with Crippen LogP contribution in [-0.4, -0.2) is 47.6 Å². The molecule has 0 N–H and O–H groups in total. The highest BCUT2D eigenvalue weighted by Gasteiger charge is 2.30. The predicted octanol–water partition coefficient (Wildman–Crippen LogP) is 1.81. The minimum atomic E-state index is 0.333. The fourth-order valence-corrected chi connectivity index (χ4v) is 2.32. The summed E-state index contributed by atoms with van der Waals surface area (Å²) in [4.78, 5) is 5.14. The molecule has 0 bridgehead atoms. The lowest BCUT2D eigenvalue weighted by atomic mass is 10.0. The second-order valence-electron chi connectivity index (χ2n) is 5.11. The summed E-state index contributed by atoms with van der Waals surface area (Å²) >= 11 is 0. The first kappa shape index (κ1) is 11.0. The Labute approximate surface area is 82.9 Å². The standard InChI is InChI=1S/C11H24N2/c1-6-12-7-8-13(10(2)9-12)11(3,4)5/h10H,6-9H2,1-5H3. The molecular weight excluding hydrogens is 160 g/mol. The molecule has 1 aliphatic rings. The molecule has 1 saturated heterocycles. The van der Waals surface area contributed by atoms with Crippen molar-refractivity contribution in [2.24, 2.45) is 0 Å². The van der Waals surface area contributed by atoms with Gasteiger partial charge in [0.2, 0.25) is 0 Å². The van der Waals surface area contributed by atoms with Crippen LogP contribution in [-0.2, 0) is 0 Å². The lowest BCUT2D eigenvalue weighted by molar-refractivity contribution is 0.0201. The third-order valence-electron chi connectivity index (χ3n) is 3.02. The molecule has 0 aromatic heterocycles. The molecule has 1 aliphatic heterocycles. The highest BCUT2D eigenvalue weighted by atomic mass is 15.3. The van der Waals surface area contributed by atoms with Gasteiger partial charge in [0, 0.05) is 31.2 Å². The van der Waals surface area contributed by atoms with Crippen molar-refractivity contribution in [1.82, 2.24) is 9.80 Å². The topological polar surface area (TPSA) is 6.48 Å². The SMILES string of the molecule is CCN1CCN(C(C)(C)C)C(C)C1. The van der Waals surface area contributed by atoms with E-state index in [4.69, 9.17) is 0 Å². The van der Waals surface area contributed by atoms with Crippen LogP contribution >= 0.6 is 0 Å². The maximum Gasteiger partial charge on any atom is 0.0200 e. The molecule has 1 fully saturated rings. The summed E-state index contributed by atoms with van der Waals surface area (Å²) in [5, 5.41) is 0. The maximum absolute atomic E-state index is 2.61. The zero-order valence-corrected chi connectivity index (χ0v) is 9.80. The van der Waals surface area contributed by atoms with Crippen molar-refractivity contribution in [1.29, 1.82) is 0 Å². The Kier molecular flexibility index (Phi) is 3.36. The van der Waals surface area contributed by atoms with Crippen LogP contribution in [0.1, 0.15) is 34.6 Å². The van der Waals surface area contributed by atoms with E-state index in [1.165, 1.54) is 26.2 Å². The van der Waals surface area contributed by atoms with Crippen LogP contribution in [0.5, 0.6) is 0 Å². The fraction of sp³-hybridized carbons (Fsp3) is 1.00. The molecule has 13 heavy (non-hydrogen) atoms. The quantitative estimate of drug-likeness (QED) is 0.613. The average Bonchev–Trinajstić information content (AvgIpc) is 2.01. The molecule has 0 amide bonds. The molecule has 0 spiro atoms. The minimum absolute atomic E-state index is 0.333. The molecule has 0 aromatic rings. The van der Waals surface area contributed by atoms with Crippen LogP contribution in [0, 0.1) is 0 Å². The first-order valence-electron chi connectivity index (χ1n) is 5.44. The molecule has 1 heterocycles. The van der Waals surface area contributed by atoms with Gasteiger partial charge in [-0.15, -0.1) is 0 Å². The first-order chi connectivity index (χ1) is 5.95. The number of nitrogens with zero attached hydrogens (tertiary/aromatic N) is 2. The van der Waals surface area contributed by atoms with E-state index in [0.717, 1.165) is 0 Å². The van der Waals surface area contributed by atoms with Crippen molar-refractivity contribution in [2.45, 2.75) is 46.2 Å². The van der Waals surface area contributed by atoms with E-state index < -0.39 is 0 Å². The van der Waals surface area contributed by atoms with Gasteiger partial charge in [-0.1, -0.05) is 6.92 Å². The summed E-state index contributed by atoms with van der Waals surface area (Å²) in [6, 6.07) is 0.702. The molecule has 2 nitrogen and oxygen atoms in total. The smallest absolute Gasteiger partial charge is 0.0200 e. The van der Waals surface area contributed by atoms with Gasteiger partial charge in [-0.3, -0.25) is 4.90 Å². The van der Waals surface area contributed by atoms with Gasteiger partial charge in [0.1, 0.15) is 0 Å². The zero-order chi connectivity index (χ0) is 10.1. The second-order valence-corrected chi connectivity index (χ2v) is 5.11. The van der Waals surface area contributed by atoms with Gasteiger partial charge < -0.3 is 4.90 Å². The lowest BCUT2D eigenvalue weighted by Crippen LogP contribution is -2.58. The Morgan fingerprint density at radius 1 is 1.23 bits per heavy atom. The second kappa shape index (κ2) is 3.97. The van der Waals surface area contributed by atoms with Gasteiger partial charge in [0.25, 0.3) is 0 Å². The third kappa shape index (κ3) is 2.68. The van der Waals surface area contributed by atoms with Crippen LogP contribution < -0.4 is 0 Å². The molecule has 78 valence electrons. The Balaban J connectivity index is 2.53. The summed E-state index contributed by atoms with van der Waals surface area (Å²) in [6.07, 6.45) is 0. The molecule has 1 rings (SSSR count). The number of hydrogen-bond donors (Lipinski definition) is 0. The van der Waals surface area contributed by atoms with Gasteiger partial charge in [0.05, 0.1) is 0 Å². The monoisotopic (exact) mass is 184 g/mol. The number of rotatable bonds is 1. The summed E-state index contributed by atoms with van der Waals surface area (Å²) in [5.74, 6) is 0. The molecule has 2 heteroatoms. The Morgan fingerprint density at radius 2 is 1.85 bits per heavy atom. The van der Waals surface area contributed by atoms with Gasteiger partial charge in [-0.2, -0.15) is 0 Å². The summed E-state index contributed by atoms with van der Waals surface area (Å²) in [5.41, 5.74) is 0.333. The van der Waals surface area contributed by atoms with Gasteiger partial charge in [0.15, 0.2) is 0 Å². The van der Waals surface area contributed by atoms with Crippen molar-refractivity contribution in [2.75, 3.05) is 26.2 Å². The van der Waals surface area contributed by atoms with Crippen LogP contribution in [0.2, 0.25) is 0 Å². The van der Waals surface area contributed by atoms with Crippen LogP contribution in [0.4, 0.5) is 0 Å². The molecule has 1 atom stereocenters. The van der Waals surface area contributed by atoms with E-state index in [1.54, 1.807) is 0 Å². The van der Waals surface area contributed by atoms with E-state index in [0.29, 0.717) is 11.6 Å². The summed E-state index contributed by atoms with van der Waals surface area (Å²) in [6.45, 7) is 16.4. The highest BCUT2D eigenvalue weighted by molar-refractivity contribution is 4.86. The molecule has 0 radical (unpaired) electrons. The number of hydrogen-bond acceptors (Lipinski definition) is 2. The Hall–Kier alpha value is -0.0800. The van der Waals surface area contributed by atoms with Gasteiger partial charge in [-0.25, -0.2) is 0 Å². The summed E-state index contributed by atoms with van der Waals surface area (Å²) < 4.78 is 0. The van der Waals surface area contributed by atoms with E-state index >= 15 is 0 Å². The van der Waals surface area contributed by atoms with E-state index in [2.05, 4.69) is 44.4 Å². The highest BCUT2D eigenvalue weighted by Crippen LogP contribution is 2.20. The molecule has 1 unspecified atom stereocenters. The molecule has 0 saturated carbocycles. The normalized spacial score (nSPS) is 27.9. The van der Waals surface area contributed by atoms with E-state index in [-0.39, 0.29) is 0 Å². The van der Waals surface area contributed by atoms with E-state index in [1.807, 2.05) is 0 Å². The van der Waals surface area contributed by atoms with E-state index in [9.17, 15) is 0 Å².